The van der Waals surface area contributed by atoms with Crippen molar-refractivity contribution in [1.82, 2.24) is 4.98 Å². The van der Waals surface area contributed by atoms with Crippen LogP contribution >= 0.6 is 0 Å². The van der Waals surface area contributed by atoms with Crippen LogP contribution in [-0.4, -0.2) is 24.0 Å². The molecular weight excluding hydrogens is 354 g/mol. The maximum atomic E-state index is 12.6. The number of benzene rings is 2. The van der Waals surface area contributed by atoms with E-state index in [0.717, 1.165) is 22.5 Å². The number of anilines is 3. The summed E-state index contributed by atoms with van der Waals surface area (Å²) in [6, 6.07) is 14.4. The van der Waals surface area contributed by atoms with Gasteiger partial charge in [0, 0.05) is 17.6 Å². The van der Waals surface area contributed by atoms with E-state index in [-0.39, 0.29) is 5.91 Å². The molecule has 1 aromatic heterocycles. The molecule has 6 nitrogen and oxygen atoms in total. The minimum absolute atomic E-state index is 0.232. The van der Waals surface area contributed by atoms with E-state index in [9.17, 15) is 9.59 Å². The van der Waals surface area contributed by atoms with Crippen molar-refractivity contribution in [2.75, 3.05) is 17.7 Å². The standard InChI is InChI=1S/C22H21N3O3/c1-14-4-9-20(15(2)10-14)25-21(26)17-11-19(13-23-12-17)24-18-7-5-16(6-8-18)22(27)28-3/h4-13,24H,1-3H3,(H,25,26). The number of pyridine rings is 1. The summed E-state index contributed by atoms with van der Waals surface area (Å²) in [7, 11) is 1.34. The minimum Gasteiger partial charge on any atom is -0.465 e. The van der Waals surface area contributed by atoms with Crippen LogP contribution in [0.15, 0.2) is 60.9 Å². The first-order chi connectivity index (χ1) is 13.5. The highest BCUT2D eigenvalue weighted by Crippen LogP contribution is 2.20. The van der Waals surface area contributed by atoms with E-state index in [0.29, 0.717) is 16.8 Å². The van der Waals surface area contributed by atoms with E-state index in [1.807, 2.05) is 32.0 Å². The van der Waals surface area contributed by atoms with Crippen molar-refractivity contribution < 1.29 is 14.3 Å². The van der Waals surface area contributed by atoms with Crippen molar-refractivity contribution in [3.63, 3.8) is 0 Å². The summed E-state index contributed by atoms with van der Waals surface area (Å²) in [5, 5.41) is 6.08. The highest BCUT2D eigenvalue weighted by molar-refractivity contribution is 6.05. The average molecular weight is 375 g/mol. The summed E-state index contributed by atoms with van der Waals surface area (Å²) in [4.78, 5) is 28.2. The van der Waals surface area contributed by atoms with Gasteiger partial charge in [-0.3, -0.25) is 9.78 Å². The van der Waals surface area contributed by atoms with Gasteiger partial charge in [0.05, 0.1) is 30.1 Å². The number of nitrogens with zero attached hydrogens (tertiary/aromatic N) is 1. The van der Waals surface area contributed by atoms with Gasteiger partial charge in [-0.1, -0.05) is 17.7 Å². The first-order valence-electron chi connectivity index (χ1n) is 8.75. The molecule has 0 aliphatic heterocycles. The third kappa shape index (κ3) is 4.54. The third-order valence-electron chi connectivity index (χ3n) is 4.23. The van der Waals surface area contributed by atoms with Crippen LogP contribution in [0.25, 0.3) is 0 Å². The molecule has 3 rings (SSSR count). The molecule has 28 heavy (non-hydrogen) atoms. The van der Waals surface area contributed by atoms with Gasteiger partial charge in [0.25, 0.3) is 5.91 Å². The van der Waals surface area contributed by atoms with Crippen LogP contribution in [0.4, 0.5) is 17.1 Å². The number of amides is 1. The van der Waals surface area contributed by atoms with Crippen LogP contribution in [-0.2, 0) is 4.74 Å². The molecule has 0 spiro atoms. The second kappa shape index (κ2) is 8.35. The Morgan fingerprint density at radius 1 is 0.893 bits per heavy atom. The van der Waals surface area contributed by atoms with Gasteiger partial charge < -0.3 is 15.4 Å². The lowest BCUT2D eigenvalue weighted by atomic mass is 10.1. The van der Waals surface area contributed by atoms with Gasteiger partial charge in [0.1, 0.15) is 0 Å². The van der Waals surface area contributed by atoms with Gasteiger partial charge in [-0.25, -0.2) is 4.79 Å². The fourth-order valence-corrected chi connectivity index (χ4v) is 2.75. The number of esters is 1. The topological polar surface area (TPSA) is 80.3 Å². The molecule has 0 atom stereocenters. The first kappa shape index (κ1) is 19.1. The van der Waals surface area contributed by atoms with E-state index < -0.39 is 5.97 Å². The van der Waals surface area contributed by atoms with Gasteiger partial charge in [0.15, 0.2) is 0 Å². The molecule has 2 N–H and O–H groups in total. The van der Waals surface area contributed by atoms with Gasteiger partial charge >= 0.3 is 5.97 Å². The summed E-state index contributed by atoms with van der Waals surface area (Å²) in [5.74, 6) is -0.623. The van der Waals surface area contributed by atoms with Gasteiger partial charge in [-0.05, 0) is 55.8 Å². The van der Waals surface area contributed by atoms with Crippen LogP contribution in [0, 0.1) is 13.8 Å². The number of carbonyl (C=O) groups is 2. The van der Waals surface area contributed by atoms with Crippen molar-refractivity contribution in [3.05, 3.63) is 83.2 Å². The molecule has 6 heteroatoms. The predicted octanol–water partition coefficient (Wildman–Crippen LogP) is 4.48. The Balaban J connectivity index is 1.72. The summed E-state index contributed by atoms with van der Waals surface area (Å²) in [6.07, 6.45) is 3.15. The molecule has 0 aliphatic carbocycles. The molecule has 1 heterocycles. The molecule has 0 saturated heterocycles. The zero-order valence-corrected chi connectivity index (χ0v) is 15.9. The molecule has 0 fully saturated rings. The van der Waals surface area contributed by atoms with Crippen molar-refractivity contribution in [1.29, 1.82) is 0 Å². The number of methoxy groups -OCH3 is 1. The highest BCUT2D eigenvalue weighted by atomic mass is 16.5. The van der Waals surface area contributed by atoms with Crippen LogP contribution in [0.5, 0.6) is 0 Å². The lowest BCUT2D eigenvalue weighted by Crippen LogP contribution is -2.13. The van der Waals surface area contributed by atoms with Crippen LogP contribution < -0.4 is 10.6 Å². The van der Waals surface area contributed by atoms with E-state index >= 15 is 0 Å². The van der Waals surface area contributed by atoms with Gasteiger partial charge in [0.2, 0.25) is 0 Å². The van der Waals surface area contributed by atoms with Gasteiger partial charge in [-0.15, -0.1) is 0 Å². The SMILES string of the molecule is COC(=O)c1ccc(Nc2cncc(C(=O)Nc3ccc(C)cc3C)c2)cc1. The molecule has 2 aromatic carbocycles. The smallest absolute Gasteiger partial charge is 0.337 e. The monoisotopic (exact) mass is 375 g/mol. The molecule has 1 amide bonds. The number of aryl methyl sites for hydroxylation is 2. The second-order valence-electron chi connectivity index (χ2n) is 6.43. The Morgan fingerprint density at radius 2 is 1.64 bits per heavy atom. The van der Waals surface area contributed by atoms with E-state index in [4.69, 9.17) is 0 Å². The average Bonchev–Trinajstić information content (AvgIpc) is 2.70. The summed E-state index contributed by atoms with van der Waals surface area (Å²) in [6.45, 7) is 3.96. The molecule has 142 valence electrons. The number of hydrogen-bond donors (Lipinski definition) is 2. The molecule has 0 radical (unpaired) electrons. The van der Waals surface area contributed by atoms with Crippen molar-refractivity contribution in [3.8, 4) is 0 Å². The van der Waals surface area contributed by atoms with E-state index in [1.165, 1.54) is 13.3 Å². The molecular formula is C22H21N3O3. The molecule has 0 bridgehead atoms. The maximum absolute atomic E-state index is 12.6. The van der Waals surface area contributed by atoms with E-state index in [1.54, 1.807) is 36.5 Å². The largest absolute Gasteiger partial charge is 0.465 e. The fraction of sp³-hybridized carbons (Fsp3) is 0.136. The molecule has 0 saturated carbocycles. The summed E-state index contributed by atoms with van der Waals surface area (Å²) in [5.41, 5.74) is 5.25. The Labute approximate surface area is 163 Å². The Hall–Kier alpha value is -3.67. The number of carbonyl (C=O) groups excluding carboxylic acids is 2. The highest BCUT2D eigenvalue weighted by Gasteiger charge is 2.10. The normalized spacial score (nSPS) is 10.2. The number of nitrogens with one attached hydrogen (secondary N) is 2. The minimum atomic E-state index is -0.390. The van der Waals surface area contributed by atoms with Crippen LogP contribution in [0.3, 0.4) is 0 Å². The lowest BCUT2D eigenvalue weighted by Gasteiger charge is -2.11. The van der Waals surface area contributed by atoms with Crippen molar-refractivity contribution >= 4 is 28.9 Å². The van der Waals surface area contributed by atoms with Crippen molar-refractivity contribution in [2.24, 2.45) is 0 Å². The Kier molecular flexibility index (Phi) is 5.69. The van der Waals surface area contributed by atoms with Crippen LogP contribution in [0.2, 0.25) is 0 Å². The van der Waals surface area contributed by atoms with E-state index in [2.05, 4.69) is 20.4 Å². The quantitative estimate of drug-likeness (QED) is 0.643. The number of rotatable bonds is 5. The first-order valence-corrected chi connectivity index (χ1v) is 8.75. The third-order valence-corrected chi connectivity index (χ3v) is 4.23. The summed E-state index contributed by atoms with van der Waals surface area (Å²) < 4.78 is 4.69. The predicted molar refractivity (Wildman–Crippen MR) is 109 cm³/mol. The zero-order chi connectivity index (χ0) is 20.1. The Morgan fingerprint density at radius 3 is 2.32 bits per heavy atom. The number of hydrogen-bond acceptors (Lipinski definition) is 5. The second-order valence-corrected chi connectivity index (χ2v) is 6.43. The number of ether oxygens (including phenoxy) is 1. The maximum Gasteiger partial charge on any atom is 0.337 e. The number of aromatic nitrogens is 1. The van der Waals surface area contributed by atoms with Gasteiger partial charge in [-0.2, -0.15) is 0 Å². The molecule has 0 unspecified atom stereocenters. The molecule has 0 aliphatic rings. The van der Waals surface area contributed by atoms with Crippen LogP contribution in [0.1, 0.15) is 31.8 Å². The fourth-order valence-electron chi connectivity index (χ4n) is 2.75. The molecule has 3 aromatic rings. The van der Waals surface area contributed by atoms with Crippen molar-refractivity contribution in [2.45, 2.75) is 13.8 Å². The zero-order valence-electron chi connectivity index (χ0n) is 15.9. The summed E-state index contributed by atoms with van der Waals surface area (Å²) >= 11 is 0. The Bertz CT molecular complexity index is 1010. The lowest BCUT2D eigenvalue weighted by molar-refractivity contribution is 0.0600.